The fraction of sp³-hybridized carbons (Fsp3) is 0.938. The maximum absolute atomic E-state index is 12.5. The Bertz CT molecular complexity index is 334. The van der Waals surface area contributed by atoms with Crippen molar-refractivity contribution in [3.63, 3.8) is 0 Å². The van der Waals surface area contributed by atoms with Crippen LogP contribution in [-0.4, -0.2) is 12.0 Å². The van der Waals surface area contributed by atoms with Crippen molar-refractivity contribution < 1.29 is 9.63 Å². The Morgan fingerprint density at radius 1 is 0.895 bits per heavy atom. The van der Waals surface area contributed by atoms with Crippen molar-refractivity contribution in [3.05, 3.63) is 0 Å². The van der Waals surface area contributed by atoms with E-state index in [0.717, 1.165) is 24.7 Å². The van der Waals surface area contributed by atoms with Crippen molar-refractivity contribution in [2.45, 2.75) is 63.9 Å². The van der Waals surface area contributed by atoms with Gasteiger partial charge in [-0.1, -0.05) is 12.8 Å². The standard InChI is InChI=1S/C16H25NO2/c18-16(17-19-14-3-1-2-4-14)15-12-6-10-5-11(8-12)9-13(15)7-10/h10-15H,1-9H2,(H,17,18). The third-order valence-electron chi connectivity index (χ3n) is 6.16. The highest BCUT2D eigenvalue weighted by Gasteiger charge is 2.50. The number of hydroxylamine groups is 1. The van der Waals surface area contributed by atoms with Gasteiger partial charge in [-0.15, -0.1) is 0 Å². The van der Waals surface area contributed by atoms with Crippen molar-refractivity contribution in [1.29, 1.82) is 0 Å². The monoisotopic (exact) mass is 263 g/mol. The molecule has 0 heterocycles. The first-order valence-corrected chi connectivity index (χ1v) is 8.25. The van der Waals surface area contributed by atoms with Gasteiger partial charge in [0.05, 0.1) is 6.10 Å². The summed E-state index contributed by atoms with van der Waals surface area (Å²) in [7, 11) is 0. The van der Waals surface area contributed by atoms with Crippen LogP contribution in [0.4, 0.5) is 0 Å². The van der Waals surface area contributed by atoms with Gasteiger partial charge in [0.2, 0.25) is 5.91 Å². The summed E-state index contributed by atoms with van der Waals surface area (Å²) in [6, 6.07) is 0. The third kappa shape index (κ3) is 2.20. The molecule has 0 aromatic rings. The number of nitrogens with one attached hydrogen (secondary N) is 1. The van der Waals surface area contributed by atoms with Gasteiger partial charge in [0.15, 0.2) is 0 Å². The normalized spacial score (nSPS) is 44.7. The molecule has 1 amide bonds. The molecule has 5 fully saturated rings. The van der Waals surface area contributed by atoms with Crippen LogP contribution >= 0.6 is 0 Å². The van der Waals surface area contributed by atoms with Gasteiger partial charge in [0.25, 0.3) is 0 Å². The number of carbonyl (C=O) groups excluding carboxylic acids is 1. The molecule has 3 nitrogen and oxygen atoms in total. The SMILES string of the molecule is O=C(NOC1CCCC1)C1C2CC3CC(C2)CC1C3. The lowest BCUT2D eigenvalue weighted by atomic mass is 9.52. The minimum atomic E-state index is 0.195. The molecule has 5 saturated carbocycles. The molecule has 106 valence electrons. The molecule has 0 radical (unpaired) electrons. The van der Waals surface area contributed by atoms with E-state index in [1.807, 2.05) is 0 Å². The van der Waals surface area contributed by atoms with Crippen LogP contribution in [0, 0.1) is 29.6 Å². The van der Waals surface area contributed by atoms with Gasteiger partial charge in [-0.2, -0.15) is 0 Å². The summed E-state index contributed by atoms with van der Waals surface area (Å²) in [6.45, 7) is 0. The van der Waals surface area contributed by atoms with Crippen molar-refractivity contribution in [3.8, 4) is 0 Å². The zero-order chi connectivity index (χ0) is 12.8. The van der Waals surface area contributed by atoms with E-state index in [1.165, 1.54) is 44.9 Å². The lowest BCUT2D eigenvalue weighted by Crippen LogP contribution is -2.51. The van der Waals surface area contributed by atoms with Crippen LogP contribution in [0.15, 0.2) is 0 Å². The van der Waals surface area contributed by atoms with E-state index in [-0.39, 0.29) is 17.9 Å². The first-order valence-electron chi connectivity index (χ1n) is 8.25. The molecule has 5 aliphatic carbocycles. The zero-order valence-electron chi connectivity index (χ0n) is 11.6. The summed E-state index contributed by atoms with van der Waals surface area (Å²) in [6.07, 6.45) is 11.6. The lowest BCUT2D eigenvalue weighted by molar-refractivity contribution is -0.155. The molecule has 5 rings (SSSR count). The van der Waals surface area contributed by atoms with Crippen molar-refractivity contribution >= 4 is 5.91 Å². The second-order valence-electron chi connectivity index (χ2n) is 7.45. The summed E-state index contributed by atoms with van der Waals surface area (Å²) < 4.78 is 0. The van der Waals surface area contributed by atoms with E-state index in [2.05, 4.69) is 5.48 Å². The van der Waals surface area contributed by atoms with Crippen molar-refractivity contribution in [2.75, 3.05) is 0 Å². The Kier molecular flexibility index (Phi) is 3.06. The van der Waals surface area contributed by atoms with E-state index in [4.69, 9.17) is 4.84 Å². The van der Waals surface area contributed by atoms with Gasteiger partial charge in [-0.3, -0.25) is 9.63 Å². The van der Waals surface area contributed by atoms with E-state index in [0.29, 0.717) is 11.8 Å². The lowest BCUT2D eigenvalue weighted by Gasteiger charge is -2.53. The second-order valence-corrected chi connectivity index (χ2v) is 7.45. The van der Waals surface area contributed by atoms with Gasteiger partial charge >= 0.3 is 0 Å². The molecule has 0 aliphatic heterocycles. The van der Waals surface area contributed by atoms with E-state index >= 15 is 0 Å². The Hall–Kier alpha value is -0.570. The fourth-order valence-corrected chi connectivity index (χ4v) is 5.57. The molecule has 0 saturated heterocycles. The Labute approximate surface area is 115 Å². The average molecular weight is 263 g/mol. The molecular weight excluding hydrogens is 238 g/mol. The van der Waals surface area contributed by atoms with Crippen LogP contribution in [0.2, 0.25) is 0 Å². The molecule has 3 heteroatoms. The van der Waals surface area contributed by atoms with E-state index < -0.39 is 0 Å². The second kappa shape index (κ2) is 4.76. The van der Waals surface area contributed by atoms with Crippen LogP contribution in [0.25, 0.3) is 0 Å². The van der Waals surface area contributed by atoms with Gasteiger partial charge in [-0.05, 0) is 68.6 Å². The molecule has 19 heavy (non-hydrogen) atoms. The predicted octanol–water partition coefficient (Wildman–Crippen LogP) is 3.05. The fourth-order valence-electron chi connectivity index (χ4n) is 5.57. The molecule has 0 spiro atoms. The first-order chi connectivity index (χ1) is 9.29. The summed E-state index contributed by atoms with van der Waals surface area (Å²) in [5, 5.41) is 0. The first kappa shape index (κ1) is 12.2. The van der Waals surface area contributed by atoms with Crippen molar-refractivity contribution in [1.82, 2.24) is 5.48 Å². The quantitative estimate of drug-likeness (QED) is 0.795. The van der Waals surface area contributed by atoms with Gasteiger partial charge < -0.3 is 0 Å². The summed E-state index contributed by atoms with van der Waals surface area (Å²) >= 11 is 0. The van der Waals surface area contributed by atoms with Gasteiger partial charge in [0, 0.05) is 5.92 Å². The Morgan fingerprint density at radius 3 is 2.05 bits per heavy atom. The number of amides is 1. The molecular formula is C16H25NO2. The maximum Gasteiger partial charge on any atom is 0.247 e. The third-order valence-corrected chi connectivity index (χ3v) is 6.16. The molecule has 0 aromatic carbocycles. The van der Waals surface area contributed by atoms with Gasteiger partial charge in [-0.25, -0.2) is 5.48 Å². The number of rotatable bonds is 3. The number of hydrogen-bond donors (Lipinski definition) is 1. The zero-order valence-corrected chi connectivity index (χ0v) is 11.6. The molecule has 1 N–H and O–H groups in total. The summed E-state index contributed by atoms with van der Waals surface area (Å²) in [5.74, 6) is 3.63. The highest BCUT2D eigenvalue weighted by atomic mass is 16.7. The maximum atomic E-state index is 12.5. The van der Waals surface area contributed by atoms with Crippen molar-refractivity contribution in [2.24, 2.45) is 29.6 Å². The highest BCUT2D eigenvalue weighted by Crippen LogP contribution is 2.56. The number of carbonyl (C=O) groups is 1. The largest absolute Gasteiger partial charge is 0.272 e. The van der Waals surface area contributed by atoms with Crippen LogP contribution in [-0.2, 0) is 9.63 Å². The average Bonchev–Trinajstić information content (AvgIpc) is 2.88. The Morgan fingerprint density at radius 2 is 1.47 bits per heavy atom. The molecule has 0 aromatic heterocycles. The molecule has 0 unspecified atom stereocenters. The van der Waals surface area contributed by atoms with Crippen LogP contribution in [0.5, 0.6) is 0 Å². The van der Waals surface area contributed by atoms with Crippen LogP contribution in [0.1, 0.15) is 57.8 Å². The molecule has 5 aliphatic rings. The molecule has 4 bridgehead atoms. The topological polar surface area (TPSA) is 38.3 Å². The minimum Gasteiger partial charge on any atom is -0.272 e. The number of hydrogen-bond acceptors (Lipinski definition) is 2. The highest BCUT2D eigenvalue weighted by molar-refractivity contribution is 5.78. The summed E-state index contributed by atoms with van der Waals surface area (Å²) in [4.78, 5) is 18.1. The summed E-state index contributed by atoms with van der Waals surface area (Å²) in [5.41, 5.74) is 2.81. The van der Waals surface area contributed by atoms with E-state index in [1.54, 1.807) is 0 Å². The van der Waals surface area contributed by atoms with Crippen LogP contribution in [0.3, 0.4) is 0 Å². The predicted molar refractivity (Wildman–Crippen MR) is 72.0 cm³/mol. The van der Waals surface area contributed by atoms with Gasteiger partial charge in [0.1, 0.15) is 0 Å². The van der Waals surface area contributed by atoms with Crippen LogP contribution < -0.4 is 5.48 Å². The smallest absolute Gasteiger partial charge is 0.247 e. The molecule has 0 atom stereocenters. The minimum absolute atomic E-state index is 0.195. The van der Waals surface area contributed by atoms with E-state index in [9.17, 15) is 4.79 Å². The Balaban J connectivity index is 1.37.